The number of benzene rings is 1. The molecule has 0 radical (unpaired) electrons. The van der Waals surface area contributed by atoms with Gasteiger partial charge in [-0.2, -0.15) is 5.10 Å². The first-order valence-electron chi connectivity index (χ1n) is 10.4. The molecule has 2 amide bonds. The number of hydrogen-bond donors (Lipinski definition) is 2. The molecule has 0 aliphatic rings. The van der Waals surface area contributed by atoms with Crippen molar-refractivity contribution in [3.05, 3.63) is 78.9 Å². The summed E-state index contributed by atoms with van der Waals surface area (Å²) < 4.78 is 8.48. The number of pyridine rings is 2. The Morgan fingerprint density at radius 3 is 2.33 bits per heavy atom. The Hall–Kier alpha value is -3.64. The molecule has 0 aliphatic carbocycles. The van der Waals surface area contributed by atoms with Crippen LogP contribution < -0.4 is 19.9 Å². The van der Waals surface area contributed by atoms with Crippen molar-refractivity contribution in [2.45, 2.75) is 26.2 Å². The van der Waals surface area contributed by atoms with E-state index in [-0.39, 0.29) is 11.4 Å². The fraction of sp³-hybridized carbons (Fsp3) is 0.167. The number of rotatable bonds is 5. The molecule has 3 aromatic heterocycles. The smallest absolute Gasteiger partial charge is 0.0700 e. The zero-order valence-corrected chi connectivity index (χ0v) is 21.0. The van der Waals surface area contributed by atoms with Gasteiger partial charge in [0.25, 0.3) is 0 Å². The van der Waals surface area contributed by atoms with Gasteiger partial charge in [0.05, 0.1) is 11.4 Å². The van der Waals surface area contributed by atoms with Crippen LogP contribution in [0.4, 0.5) is 16.3 Å². The third kappa shape index (κ3) is 5.79. The Kier molecular flexibility index (Phi) is 6.47. The van der Waals surface area contributed by atoms with Crippen molar-refractivity contribution in [3.8, 4) is 17.2 Å². The molecule has 3 heterocycles. The molecule has 4 aromatic rings. The van der Waals surface area contributed by atoms with Gasteiger partial charge in [-0.3, -0.25) is 4.98 Å². The first-order chi connectivity index (χ1) is 15.8. The average molecular weight is 504 g/mol. The van der Waals surface area contributed by atoms with Crippen LogP contribution in [0.5, 0.6) is 11.5 Å². The van der Waals surface area contributed by atoms with Crippen molar-refractivity contribution in [3.63, 3.8) is 0 Å². The molecule has 0 fully saturated rings. The van der Waals surface area contributed by atoms with Gasteiger partial charge in [-0.1, -0.05) is 20.8 Å². The number of nitrogens with zero attached hydrogens (tertiary/aromatic N) is 4. The van der Waals surface area contributed by atoms with Crippen LogP contribution in [0.1, 0.15) is 26.5 Å². The molecule has 8 nitrogen and oxygen atoms in total. The Balaban J connectivity index is 1.47. The van der Waals surface area contributed by atoms with Crippen molar-refractivity contribution < 1.29 is 9.53 Å². The fourth-order valence-corrected chi connectivity index (χ4v) is 3.56. The number of urea groups is 1. The van der Waals surface area contributed by atoms with Crippen molar-refractivity contribution in [2.75, 3.05) is 10.6 Å². The first-order valence-corrected chi connectivity index (χ1v) is 11.6. The second-order valence-corrected chi connectivity index (χ2v) is 9.65. The van der Waals surface area contributed by atoms with Crippen LogP contribution in [-0.2, 0) is 5.41 Å². The average Bonchev–Trinajstić information content (AvgIpc) is 3.20. The van der Waals surface area contributed by atoms with Gasteiger partial charge < -0.3 is 0 Å². The summed E-state index contributed by atoms with van der Waals surface area (Å²) in [4.78, 5) is 21.0. The number of aromatic nitrogens is 4. The van der Waals surface area contributed by atoms with E-state index in [4.69, 9.17) is 9.84 Å². The monoisotopic (exact) mass is 504 g/mol. The van der Waals surface area contributed by atoms with E-state index in [0.717, 1.165) is 21.6 Å². The van der Waals surface area contributed by atoms with E-state index in [1.165, 1.54) is 16.9 Å². The number of ether oxygens (including phenoxy) is 1. The molecular formula is C24H25AsN6O2. The van der Waals surface area contributed by atoms with Crippen LogP contribution >= 0.6 is 0 Å². The number of anilines is 2. The second-order valence-electron chi connectivity index (χ2n) is 8.40. The molecule has 0 saturated carbocycles. The summed E-state index contributed by atoms with van der Waals surface area (Å²) in [6, 6.07) is 16.1. The SMILES string of the molecule is CC(C)(C)c1cc(NC(=O)Nc2ccc(Oc3ccnc([AsH2])c3)cc2)n(-c2ccncc2)n1. The second kappa shape index (κ2) is 9.46. The van der Waals surface area contributed by atoms with E-state index in [9.17, 15) is 4.79 Å². The molecule has 1 atom stereocenters. The minimum absolute atomic E-state index is 0.171. The molecule has 9 heteroatoms. The van der Waals surface area contributed by atoms with Crippen LogP contribution in [0.2, 0.25) is 0 Å². The van der Waals surface area contributed by atoms with Crippen LogP contribution in [0.25, 0.3) is 5.69 Å². The van der Waals surface area contributed by atoms with Crippen molar-refractivity contribution in [1.29, 1.82) is 0 Å². The maximum absolute atomic E-state index is 12.7. The number of nitrogens with one attached hydrogen (secondary N) is 2. The van der Waals surface area contributed by atoms with Crippen molar-refractivity contribution in [2.24, 2.45) is 0 Å². The predicted octanol–water partition coefficient (Wildman–Crippen LogP) is 3.65. The quantitative estimate of drug-likeness (QED) is 0.405. The van der Waals surface area contributed by atoms with E-state index < -0.39 is 0 Å². The molecular weight excluding hydrogens is 479 g/mol. The van der Waals surface area contributed by atoms with Crippen LogP contribution in [-0.4, -0.2) is 42.6 Å². The fourth-order valence-electron chi connectivity index (χ4n) is 3.03. The van der Waals surface area contributed by atoms with Gasteiger partial charge in [-0.05, 0) is 12.1 Å². The van der Waals surface area contributed by atoms with Crippen molar-refractivity contribution in [1.82, 2.24) is 19.7 Å². The first kappa shape index (κ1) is 22.5. The normalized spacial score (nSPS) is 11.2. The van der Waals surface area contributed by atoms with E-state index in [1.807, 2.05) is 24.3 Å². The molecule has 0 spiro atoms. The van der Waals surface area contributed by atoms with Crippen LogP contribution in [0, 0.1) is 0 Å². The Labute approximate surface area is 200 Å². The molecule has 4 rings (SSSR count). The molecule has 1 unspecified atom stereocenters. The summed E-state index contributed by atoms with van der Waals surface area (Å²) in [6.07, 6.45) is 5.10. The van der Waals surface area contributed by atoms with Gasteiger partial charge >= 0.3 is 118 Å². The topological polar surface area (TPSA) is 94.0 Å². The number of carbonyl (C=O) groups excluding carboxylic acids is 1. The molecule has 1 aromatic carbocycles. The summed E-state index contributed by atoms with van der Waals surface area (Å²) in [5, 5.41) is 10.5. The van der Waals surface area contributed by atoms with Crippen LogP contribution in [0.3, 0.4) is 0 Å². The van der Waals surface area contributed by atoms with Gasteiger partial charge in [0, 0.05) is 23.9 Å². The molecule has 0 saturated heterocycles. The number of carbonyl (C=O) groups is 1. The van der Waals surface area contributed by atoms with Gasteiger partial charge in [-0.15, -0.1) is 0 Å². The Morgan fingerprint density at radius 2 is 1.67 bits per heavy atom. The van der Waals surface area contributed by atoms with Gasteiger partial charge in [0.2, 0.25) is 0 Å². The van der Waals surface area contributed by atoms with Gasteiger partial charge in [-0.25, -0.2) is 4.68 Å². The van der Waals surface area contributed by atoms with Gasteiger partial charge in [0.15, 0.2) is 0 Å². The molecule has 168 valence electrons. The Bertz CT molecular complexity index is 1250. The minimum atomic E-state index is -0.369. The molecule has 2 N–H and O–H groups in total. The molecule has 0 aliphatic heterocycles. The standard InChI is InChI=1S/C24H25AsN6O2/c1-24(2,3)20-15-22(31(30-20)17-8-11-26-12-9-17)29-23(32)28-16-4-6-18(7-5-16)33-19-10-13-27-21(25)14-19/h4-15H,25H2,1-3H3,(H2,28,29,32). The number of hydrogen-bond acceptors (Lipinski definition) is 5. The maximum atomic E-state index is 12.7. The van der Waals surface area contributed by atoms with Crippen LogP contribution in [0.15, 0.2) is 73.2 Å². The minimum Gasteiger partial charge on any atom is -0.265 e. The van der Waals surface area contributed by atoms with E-state index in [2.05, 4.69) is 41.4 Å². The predicted molar refractivity (Wildman–Crippen MR) is 132 cm³/mol. The summed E-state index contributed by atoms with van der Waals surface area (Å²) >= 11 is 1.44. The largest absolute Gasteiger partial charge is 0.265 e. The number of amides is 2. The van der Waals surface area contributed by atoms with Crippen molar-refractivity contribution >= 4 is 38.9 Å². The van der Waals surface area contributed by atoms with E-state index in [1.54, 1.807) is 53.6 Å². The van der Waals surface area contributed by atoms with E-state index >= 15 is 0 Å². The Morgan fingerprint density at radius 1 is 0.939 bits per heavy atom. The molecule has 0 bridgehead atoms. The maximum Gasteiger partial charge on any atom is 0.0700 e. The van der Waals surface area contributed by atoms with Gasteiger partial charge in [0.1, 0.15) is 0 Å². The van der Waals surface area contributed by atoms with E-state index in [0.29, 0.717) is 17.3 Å². The summed E-state index contributed by atoms with van der Waals surface area (Å²) in [6.45, 7) is 6.23. The third-order valence-electron chi connectivity index (χ3n) is 4.73. The summed E-state index contributed by atoms with van der Waals surface area (Å²) in [5.74, 6) is 1.96. The summed E-state index contributed by atoms with van der Waals surface area (Å²) in [7, 11) is 0. The zero-order valence-electron chi connectivity index (χ0n) is 18.6. The zero-order chi connectivity index (χ0) is 23.4. The third-order valence-corrected chi connectivity index (χ3v) is 5.39. The molecule has 33 heavy (non-hydrogen) atoms. The summed E-state index contributed by atoms with van der Waals surface area (Å²) in [5.41, 5.74) is 2.14.